The largest absolute Gasteiger partial charge is 0.337 e. The third-order valence-electron chi connectivity index (χ3n) is 3.87. The summed E-state index contributed by atoms with van der Waals surface area (Å²) in [5.41, 5.74) is 2.24. The summed E-state index contributed by atoms with van der Waals surface area (Å²) in [7, 11) is 2.01. The Bertz CT molecular complexity index is 661. The molecular weight excluding hydrogens is 266 g/mol. The molecule has 6 nitrogen and oxygen atoms in total. The number of likely N-dealkylation sites (tertiary alicyclic amines) is 1. The summed E-state index contributed by atoms with van der Waals surface area (Å²) in [4.78, 5) is 27.1. The van der Waals surface area contributed by atoms with Gasteiger partial charge in [0, 0.05) is 38.4 Å². The molecule has 1 fully saturated rings. The molecule has 0 aromatic carbocycles. The van der Waals surface area contributed by atoms with E-state index in [1.54, 1.807) is 12.4 Å². The number of carbonyl (C=O) groups excluding carboxylic acids is 1. The molecule has 0 unspecified atom stereocenters. The first-order chi connectivity index (χ1) is 10.0. The molecular formula is C15H19N5O. The van der Waals surface area contributed by atoms with Crippen LogP contribution < -0.4 is 0 Å². The van der Waals surface area contributed by atoms with E-state index in [0.29, 0.717) is 18.2 Å². The molecule has 1 saturated heterocycles. The third kappa shape index (κ3) is 2.66. The Morgan fingerprint density at radius 1 is 1.24 bits per heavy atom. The van der Waals surface area contributed by atoms with Crippen LogP contribution in [0.25, 0.3) is 0 Å². The maximum Gasteiger partial charge on any atom is 0.274 e. The first-order valence-electron chi connectivity index (χ1n) is 7.12. The Hall–Kier alpha value is -2.24. The topological polar surface area (TPSA) is 63.9 Å². The van der Waals surface area contributed by atoms with Crippen LogP contribution in [-0.4, -0.2) is 43.4 Å². The van der Waals surface area contributed by atoms with Crippen molar-refractivity contribution < 1.29 is 4.79 Å². The lowest BCUT2D eigenvalue weighted by atomic mass is 10.1. The number of rotatable bonds is 2. The minimum Gasteiger partial charge on any atom is -0.337 e. The molecule has 1 amide bonds. The van der Waals surface area contributed by atoms with Crippen LogP contribution in [-0.2, 0) is 7.05 Å². The highest BCUT2D eigenvalue weighted by molar-refractivity contribution is 5.92. The number of aryl methyl sites for hydroxylation is 3. The van der Waals surface area contributed by atoms with Gasteiger partial charge in [-0.15, -0.1) is 0 Å². The van der Waals surface area contributed by atoms with E-state index in [1.165, 1.54) is 0 Å². The van der Waals surface area contributed by atoms with E-state index in [-0.39, 0.29) is 5.91 Å². The fraction of sp³-hybridized carbons (Fsp3) is 0.467. The second-order valence-electron chi connectivity index (χ2n) is 5.63. The summed E-state index contributed by atoms with van der Waals surface area (Å²) < 4.78 is 2.06. The quantitative estimate of drug-likeness (QED) is 0.838. The monoisotopic (exact) mass is 285 g/mol. The summed E-state index contributed by atoms with van der Waals surface area (Å²) in [5, 5.41) is 0. The van der Waals surface area contributed by atoms with Gasteiger partial charge >= 0.3 is 0 Å². The molecule has 21 heavy (non-hydrogen) atoms. The zero-order valence-corrected chi connectivity index (χ0v) is 12.6. The normalized spacial score (nSPS) is 18.2. The van der Waals surface area contributed by atoms with Crippen molar-refractivity contribution in [2.45, 2.75) is 26.2 Å². The van der Waals surface area contributed by atoms with Gasteiger partial charge in [0.05, 0.1) is 17.6 Å². The Morgan fingerprint density at radius 2 is 2.05 bits per heavy atom. The molecule has 2 aromatic heterocycles. The average Bonchev–Trinajstić information content (AvgIpc) is 3.05. The van der Waals surface area contributed by atoms with Crippen LogP contribution in [0.5, 0.6) is 0 Å². The first kappa shape index (κ1) is 13.7. The Morgan fingerprint density at radius 3 is 2.67 bits per heavy atom. The molecule has 1 aliphatic heterocycles. The Kier molecular flexibility index (Phi) is 3.45. The van der Waals surface area contributed by atoms with E-state index < -0.39 is 0 Å². The van der Waals surface area contributed by atoms with Crippen LogP contribution in [0.2, 0.25) is 0 Å². The van der Waals surface area contributed by atoms with Gasteiger partial charge in [-0.05, 0) is 20.3 Å². The molecule has 1 aliphatic rings. The van der Waals surface area contributed by atoms with Gasteiger partial charge in [-0.2, -0.15) is 0 Å². The van der Waals surface area contributed by atoms with Crippen molar-refractivity contribution in [1.29, 1.82) is 0 Å². The van der Waals surface area contributed by atoms with Crippen molar-refractivity contribution in [2.75, 3.05) is 13.1 Å². The molecule has 2 aromatic rings. The van der Waals surface area contributed by atoms with Gasteiger partial charge in [0.25, 0.3) is 5.91 Å². The highest BCUT2D eigenvalue weighted by atomic mass is 16.2. The van der Waals surface area contributed by atoms with Crippen LogP contribution in [0.1, 0.15) is 40.0 Å². The standard InChI is InChI=1S/C15H19N5O/c1-10-6-17-13(7-16-10)15(21)20-5-4-12(9-20)14-18-11(2)8-19(14)3/h6-8,12H,4-5,9H2,1-3H3/t12-/m0/s1. The van der Waals surface area contributed by atoms with E-state index in [1.807, 2.05) is 32.0 Å². The van der Waals surface area contributed by atoms with Crippen LogP contribution >= 0.6 is 0 Å². The van der Waals surface area contributed by atoms with Gasteiger partial charge < -0.3 is 9.47 Å². The third-order valence-corrected chi connectivity index (χ3v) is 3.87. The molecule has 0 spiro atoms. The predicted octanol–water partition coefficient (Wildman–Crippen LogP) is 1.46. The molecule has 3 heterocycles. The molecule has 0 radical (unpaired) electrons. The lowest BCUT2D eigenvalue weighted by molar-refractivity contribution is 0.0784. The molecule has 110 valence electrons. The maximum atomic E-state index is 12.4. The zero-order chi connectivity index (χ0) is 15.0. The second-order valence-corrected chi connectivity index (χ2v) is 5.63. The highest BCUT2D eigenvalue weighted by Crippen LogP contribution is 2.27. The van der Waals surface area contributed by atoms with Gasteiger partial charge in [-0.3, -0.25) is 9.78 Å². The van der Waals surface area contributed by atoms with Crippen molar-refractivity contribution in [3.05, 3.63) is 41.5 Å². The molecule has 6 heteroatoms. The molecule has 0 bridgehead atoms. The van der Waals surface area contributed by atoms with Crippen LogP contribution in [0.4, 0.5) is 0 Å². The summed E-state index contributed by atoms with van der Waals surface area (Å²) in [6.45, 7) is 5.28. The number of carbonyl (C=O) groups is 1. The minimum absolute atomic E-state index is 0.0454. The molecule has 0 aliphatic carbocycles. The fourth-order valence-corrected chi connectivity index (χ4v) is 2.83. The van der Waals surface area contributed by atoms with Crippen LogP contribution in [0, 0.1) is 13.8 Å². The van der Waals surface area contributed by atoms with E-state index in [2.05, 4.69) is 19.5 Å². The maximum absolute atomic E-state index is 12.4. The minimum atomic E-state index is -0.0454. The van der Waals surface area contributed by atoms with Gasteiger partial charge in [-0.25, -0.2) is 9.97 Å². The summed E-state index contributed by atoms with van der Waals surface area (Å²) >= 11 is 0. The van der Waals surface area contributed by atoms with E-state index in [4.69, 9.17) is 0 Å². The van der Waals surface area contributed by atoms with Crippen molar-refractivity contribution in [1.82, 2.24) is 24.4 Å². The second kappa shape index (κ2) is 5.27. The van der Waals surface area contributed by atoms with Crippen molar-refractivity contribution in [2.24, 2.45) is 7.05 Å². The van der Waals surface area contributed by atoms with Crippen LogP contribution in [0.3, 0.4) is 0 Å². The van der Waals surface area contributed by atoms with Crippen molar-refractivity contribution in [3.63, 3.8) is 0 Å². The summed E-state index contributed by atoms with van der Waals surface area (Å²) in [6, 6.07) is 0. The van der Waals surface area contributed by atoms with Gasteiger partial charge in [-0.1, -0.05) is 0 Å². The van der Waals surface area contributed by atoms with Crippen molar-refractivity contribution in [3.8, 4) is 0 Å². The Balaban J connectivity index is 1.73. The van der Waals surface area contributed by atoms with Gasteiger partial charge in [0.15, 0.2) is 0 Å². The van der Waals surface area contributed by atoms with Gasteiger partial charge in [0.2, 0.25) is 0 Å². The highest BCUT2D eigenvalue weighted by Gasteiger charge is 2.30. The molecule has 3 rings (SSSR count). The lowest BCUT2D eigenvalue weighted by Gasteiger charge is -2.15. The predicted molar refractivity (Wildman–Crippen MR) is 78.0 cm³/mol. The number of imidazole rings is 1. The number of hydrogen-bond acceptors (Lipinski definition) is 4. The molecule has 1 atom stereocenters. The smallest absolute Gasteiger partial charge is 0.274 e. The number of aromatic nitrogens is 4. The zero-order valence-electron chi connectivity index (χ0n) is 12.6. The lowest BCUT2D eigenvalue weighted by Crippen LogP contribution is -2.29. The Labute approximate surface area is 123 Å². The number of hydrogen-bond donors (Lipinski definition) is 0. The van der Waals surface area contributed by atoms with Gasteiger partial charge in [0.1, 0.15) is 11.5 Å². The molecule has 0 saturated carbocycles. The van der Waals surface area contributed by atoms with Crippen LogP contribution in [0.15, 0.2) is 18.6 Å². The summed E-state index contributed by atoms with van der Waals surface area (Å²) in [6.07, 6.45) is 6.14. The average molecular weight is 285 g/mol. The van der Waals surface area contributed by atoms with E-state index in [9.17, 15) is 4.79 Å². The molecule has 0 N–H and O–H groups in total. The first-order valence-corrected chi connectivity index (χ1v) is 7.12. The van der Waals surface area contributed by atoms with E-state index in [0.717, 1.165) is 30.2 Å². The van der Waals surface area contributed by atoms with Crippen molar-refractivity contribution >= 4 is 5.91 Å². The summed E-state index contributed by atoms with van der Waals surface area (Å²) in [5.74, 6) is 1.31. The number of nitrogens with zero attached hydrogens (tertiary/aromatic N) is 5. The SMILES string of the molecule is Cc1cnc(C(=O)N2CC[C@H](c3nc(C)cn3C)C2)cn1. The number of amides is 1. The fourth-order valence-electron chi connectivity index (χ4n) is 2.83. The van der Waals surface area contributed by atoms with E-state index >= 15 is 0 Å².